The Morgan fingerprint density at radius 1 is 1.43 bits per heavy atom. The lowest BCUT2D eigenvalue weighted by Crippen LogP contribution is -2.28. The van der Waals surface area contributed by atoms with Gasteiger partial charge in [-0.05, 0) is 29.6 Å². The number of rotatable bonds is 6. The van der Waals surface area contributed by atoms with E-state index in [2.05, 4.69) is 4.72 Å². The molecule has 1 aromatic carbocycles. The molecule has 0 saturated heterocycles. The number of aliphatic hydroxyl groups is 1. The van der Waals surface area contributed by atoms with Crippen molar-refractivity contribution in [3.8, 4) is 5.75 Å². The number of sulfonamides is 1. The number of halogens is 1. The van der Waals surface area contributed by atoms with Crippen LogP contribution in [0.25, 0.3) is 0 Å². The molecule has 0 fully saturated rings. The van der Waals surface area contributed by atoms with Crippen LogP contribution in [-0.2, 0) is 10.0 Å². The highest BCUT2D eigenvalue weighted by molar-refractivity contribution is 7.89. The average Bonchev–Trinajstić information content (AvgIpc) is 2.99. The van der Waals surface area contributed by atoms with Gasteiger partial charge in [0.2, 0.25) is 10.0 Å². The third-order valence-electron chi connectivity index (χ3n) is 2.77. The highest BCUT2D eigenvalue weighted by Gasteiger charge is 2.18. The van der Waals surface area contributed by atoms with Crippen LogP contribution in [0.4, 0.5) is 0 Å². The predicted molar refractivity (Wildman–Crippen MR) is 82.5 cm³/mol. The molecule has 2 rings (SSSR count). The van der Waals surface area contributed by atoms with Crippen LogP contribution in [0.2, 0.25) is 5.02 Å². The fraction of sp³-hybridized carbons (Fsp3) is 0.231. The van der Waals surface area contributed by atoms with Crippen molar-refractivity contribution in [3.63, 3.8) is 0 Å². The maximum absolute atomic E-state index is 12.1. The Kier molecular flexibility index (Phi) is 5.23. The largest absolute Gasteiger partial charge is 0.495 e. The minimum atomic E-state index is -3.74. The average molecular weight is 348 g/mol. The lowest BCUT2D eigenvalue weighted by Gasteiger charge is -2.12. The van der Waals surface area contributed by atoms with E-state index in [-0.39, 0.29) is 16.5 Å². The van der Waals surface area contributed by atoms with E-state index in [0.29, 0.717) is 10.6 Å². The van der Waals surface area contributed by atoms with E-state index in [0.717, 1.165) is 0 Å². The smallest absolute Gasteiger partial charge is 0.240 e. The summed E-state index contributed by atoms with van der Waals surface area (Å²) < 4.78 is 31.6. The molecule has 1 atom stereocenters. The molecule has 2 aromatic rings. The van der Waals surface area contributed by atoms with Gasteiger partial charge in [-0.15, -0.1) is 11.3 Å². The molecule has 0 saturated carbocycles. The molecule has 0 aliphatic heterocycles. The number of ether oxygens (including phenoxy) is 1. The molecule has 1 heterocycles. The minimum Gasteiger partial charge on any atom is -0.495 e. The lowest BCUT2D eigenvalue weighted by atomic mass is 10.3. The molecular weight excluding hydrogens is 334 g/mol. The SMILES string of the molecule is COc1ccc(S(=O)(=O)NCC(O)c2cccs2)cc1Cl. The summed E-state index contributed by atoms with van der Waals surface area (Å²) >= 11 is 7.28. The molecular formula is C13H14ClNO4S2. The van der Waals surface area contributed by atoms with Gasteiger partial charge in [0.15, 0.2) is 0 Å². The molecule has 1 unspecified atom stereocenters. The normalized spacial score (nSPS) is 13.1. The van der Waals surface area contributed by atoms with E-state index in [1.54, 1.807) is 12.1 Å². The van der Waals surface area contributed by atoms with Gasteiger partial charge >= 0.3 is 0 Å². The fourth-order valence-electron chi connectivity index (χ4n) is 1.67. The maximum atomic E-state index is 12.1. The van der Waals surface area contributed by atoms with Crippen LogP contribution >= 0.6 is 22.9 Å². The monoisotopic (exact) mass is 347 g/mol. The van der Waals surface area contributed by atoms with E-state index in [1.165, 1.54) is 36.6 Å². The molecule has 0 aliphatic rings. The third-order valence-corrected chi connectivity index (χ3v) is 5.46. The first-order chi connectivity index (χ1) is 9.94. The van der Waals surface area contributed by atoms with Gasteiger partial charge in [0.05, 0.1) is 17.0 Å². The zero-order valence-electron chi connectivity index (χ0n) is 11.1. The Bertz CT molecular complexity index is 701. The van der Waals surface area contributed by atoms with Crippen molar-refractivity contribution in [1.82, 2.24) is 4.72 Å². The minimum absolute atomic E-state index is 0.0201. The second-order valence-corrected chi connectivity index (χ2v) is 7.33. The topological polar surface area (TPSA) is 75.6 Å². The molecule has 0 radical (unpaired) electrons. The number of aliphatic hydroxyl groups excluding tert-OH is 1. The molecule has 5 nitrogen and oxygen atoms in total. The van der Waals surface area contributed by atoms with Crippen LogP contribution in [-0.4, -0.2) is 27.2 Å². The second-order valence-electron chi connectivity index (χ2n) is 4.18. The Hall–Kier alpha value is -1.12. The summed E-state index contributed by atoms with van der Waals surface area (Å²) in [5.74, 6) is 0.397. The Morgan fingerprint density at radius 2 is 2.19 bits per heavy atom. The molecule has 2 N–H and O–H groups in total. The number of thiophene rings is 1. The van der Waals surface area contributed by atoms with E-state index in [1.807, 2.05) is 5.38 Å². The summed E-state index contributed by atoms with van der Waals surface area (Å²) in [7, 11) is -2.29. The molecule has 21 heavy (non-hydrogen) atoms. The molecule has 1 aromatic heterocycles. The van der Waals surface area contributed by atoms with Crippen LogP contribution < -0.4 is 9.46 Å². The van der Waals surface area contributed by atoms with Gasteiger partial charge in [-0.25, -0.2) is 13.1 Å². The van der Waals surface area contributed by atoms with Crippen molar-refractivity contribution in [2.75, 3.05) is 13.7 Å². The van der Waals surface area contributed by atoms with Crippen LogP contribution in [0.1, 0.15) is 11.0 Å². The van der Waals surface area contributed by atoms with Crippen molar-refractivity contribution >= 4 is 33.0 Å². The van der Waals surface area contributed by atoms with Gasteiger partial charge in [-0.2, -0.15) is 0 Å². The van der Waals surface area contributed by atoms with E-state index in [9.17, 15) is 13.5 Å². The van der Waals surface area contributed by atoms with Gasteiger partial charge in [0.1, 0.15) is 11.9 Å². The van der Waals surface area contributed by atoms with Gasteiger partial charge in [-0.1, -0.05) is 17.7 Å². The second kappa shape index (κ2) is 6.76. The molecule has 0 bridgehead atoms. The molecule has 8 heteroatoms. The number of hydrogen-bond donors (Lipinski definition) is 2. The van der Waals surface area contributed by atoms with Gasteiger partial charge < -0.3 is 9.84 Å². The van der Waals surface area contributed by atoms with Crippen molar-refractivity contribution in [3.05, 3.63) is 45.6 Å². The number of hydrogen-bond acceptors (Lipinski definition) is 5. The third kappa shape index (κ3) is 3.96. The maximum Gasteiger partial charge on any atom is 0.240 e. The Labute approximate surface area is 132 Å². The van der Waals surface area contributed by atoms with Crippen LogP contribution in [0, 0.1) is 0 Å². The van der Waals surface area contributed by atoms with Crippen LogP contribution in [0.15, 0.2) is 40.6 Å². The summed E-state index contributed by atoms with van der Waals surface area (Å²) in [6, 6.07) is 7.71. The summed E-state index contributed by atoms with van der Waals surface area (Å²) in [4.78, 5) is 0.720. The zero-order chi connectivity index (χ0) is 15.5. The summed E-state index contributed by atoms with van der Waals surface area (Å²) in [5, 5.41) is 11.9. The van der Waals surface area contributed by atoms with Crippen LogP contribution in [0.3, 0.4) is 0 Å². The summed E-state index contributed by atoms with van der Waals surface area (Å²) in [6.45, 7) is -0.105. The molecule has 0 spiro atoms. The molecule has 114 valence electrons. The van der Waals surface area contributed by atoms with Crippen molar-refractivity contribution in [2.24, 2.45) is 0 Å². The number of nitrogens with one attached hydrogen (secondary N) is 1. The highest BCUT2D eigenvalue weighted by atomic mass is 35.5. The molecule has 0 aliphatic carbocycles. The lowest BCUT2D eigenvalue weighted by molar-refractivity contribution is 0.186. The fourth-order valence-corrected chi connectivity index (χ4v) is 3.77. The molecule has 0 amide bonds. The Balaban J connectivity index is 2.10. The van der Waals surface area contributed by atoms with Crippen LogP contribution in [0.5, 0.6) is 5.75 Å². The predicted octanol–water partition coefficient (Wildman–Crippen LogP) is 2.42. The standard InChI is InChI=1S/C13H14ClNO4S2/c1-19-12-5-4-9(7-10(12)14)21(17,18)15-8-11(16)13-3-2-6-20-13/h2-7,11,15-16H,8H2,1H3. The van der Waals surface area contributed by atoms with Crippen molar-refractivity contribution in [2.45, 2.75) is 11.0 Å². The highest BCUT2D eigenvalue weighted by Crippen LogP contribution is 2.27. The number of benzene rings is 1. The van der Waals surface area contributed by atoms with E-state index in [4.69, 9.17) is 16.3 Å². The van der Waals surface area contributed by atoms with E-state index >= 15 is 0 Å². The van der Waals surface area contributed by atoms with Crippen molar-refractivity contribution < 1.29 is 18.3 Å². The zero-order valence-corrected chi connectivity index (χ0v) is 13.5. The first-order valence-electron chi connectivity index (χ1n) is 5.98. The van der Waals surface area contributed by atoms with Crippen molar-refractivity contribution in [1.29, 1.82) is 0 Å². The summed E-state index contributed by atoms with van der Waals surface area (Å²) in [5.41, 5.74) is 0. The van der Waals surface area contributed by atoms with Gasteiger partial charge in [-0.3, -0.25) is 0 Å². The Morgan fingerprint density at radius 3 is 2.76 bits per heavy atom. The quantitative estimate of drug-likeness (QED) is 0.841. The van der Waals surface area contributed by atoms with Gasteiger partial charge in [0, 0.05) is 11.4 Å². The van der Waals surface area contributed by atoms with Gasteiger partial charge in [0.25, 0.3) is 0 Å². The first kappa shape index (κ1) is 16.3. The van der Waals surface area contributed by atoms with E-state index < -0.39 is 16.1 Å². The summed E-state index contributed by atoms with van der Waals surface area (Å²) in [6.07, 6.45) is -0.881. The first-order valence-corrected chi connectivity index (χ1v) is 8.73. The number of methoxy groups -OCH3 is 1.